The fourth-order valence-corrected chi connectivity index (χ4v) is 1.79. The van der Waals surface area contributed by atoms with Crippen LogP contribution in [0.2, 0.25) is 0 Å². The van der Waals surface area contributed by atoms with Gasteiger partial charge in [-0.2, -0.15) is 0 Å². The molecule has 1 atom stereocenters. The summed E-state index contributed by atoms with van der Waals surface area (Å²) >= 11 is 0. The average molecular weight is 227 g/mol. The van der Waals surface area contributed by atoms with Gasteiger partial charge >= 0.3 is 0 Å². The summed E-state index contributed by atoms with van der Waals surface area (Å²) in [7, 11) is 1.69. The van der Waals surface area contributed by atoms with Crippen LogP contribution in [0.1, 0.15) is 19.8 Å². The Balaban J connectivity index is 2.30. The molecule has 0 radical (unpaired) electrons. The van der Waals surface area contributed by atoms with Crippen molar-refractivity contribution in [3.05, 3.63) is 0 Å². The van der Waals surface area contributed by atoms with Crippen molar-refractivity contribution < 1.29 is 9.59 Å². The Bertz CT molecular complexity index is 250. The fraction of sp³-hybridized carbons (Fsp3) is 0.818. The number of rotatable bonds is 5. The van der Waals surface area contributed by atoms with Gasteiger partial charge in [-0.25, -0.2) is 0 Å². The zero-order valence-corrected chi connectivity index (χ0v) is 10.1. The van der Waals surface area contributed by atoms with E-state index in [2.05, 4.69) is 10.6 Å². The van der Waals surface area contributed by atoms with Gasteiger partial charge in [0.05, 0.1) is 12.5 Å². The lowest BCUT2D eigenvalue weighted by Gasteiger charge is -2.19. The van der Waals surface area contributed by atoms with E-state index in [1.165, 1.54) is 4.90 Å². The number of carbonyl (C=O) groups excluding carboxylic acids is 2. The summed E-state index contributed by atoms with van der Waals surface area (Å²) in [6.45, 7) is 4.46. The summed E-state index contributed by atoms with van der Waals surface area (Å²) < 4.78 is 0. The van der Waals surface area contributed by atoms with Crippen molar-refractivity contribution in [1.29, 1.82) is 0 Å². The molecule has 1 heterocycles. The first-order valence-corrected chi connectivity index (χ1v) is 5.87. The minimum atomic E-state index is -0.0799. The second-order valence-electron chi connectivity index (χ2n) is 4.23. The number of carbonyl (C=O) groups is 2. The Morgan fingerprint density at radius 2 is 2.25 bits per heavy atom. The van der Waals surface area contributed by atoms with Gasteiger partial charge in [0.1, 0.15) is 0 Å². The van der Waals surface area contributed by atoms with Crippen LogP contribution < -0.4 is 10.6 Å². The van der Waals surface area contributed by atoms with Crippen molar-refractivity contribution in [2.24, 2.45) is 5.92 Å². The third-order valence-electron chi connectivity index (χ3n) is 2.74. The largest absolute Gasteiger partial charge is 0.355 e. The van der Waals surface area contributed by atoms with E-state index in [1.54, 1.807) is 7.05 Å². The average Bonchev–Trinajstić information content (AvgIpc) is 2.78. The maximum absolute atomic E-state index is 11.9. The van der Waals surface area contributed by atoms with Crippen LogP contribution in [-0.4, -0.2) is 49.9 Å². The van der Waals surface area contributed by atoms with Gasteiger partial charge in [-0.05, 0) is 19.4 Å². The Kier molecular flexibility index (Phi) is 5.25. The summed E-state index contributed by atoms with van der Waals surface area (Å²) in [5.74, 6) is 0.0317. The number of nitrogens with zero attached hydrogens (tertiary/aromatic N) is 1. The van der Waals surface area contributed by atoms with Crippen molar-refractivity contribution in [3.63, 3.8) is 0 Å². The summed E-state index contributed by atoms with van der Waals surface area (Å²) in [6, 6.07) is 0. The first-order chi connectivity index (χ1) is 7.65. The second kappa shape index (κ2) is 6.48. The van der Waals surface area contributed by atoms with Gasteiger partial charge < -0.3 is 15.5 Å². The molecule has 2 N–H and O–H groups in total. The molecule has 1 saturated heterocycles. The molecule has 2 amide bonds. The molecule has 92 valence electrons. The van der Waals surface area contributed by atoms with Crippen molar-refractivity contribution in [1.82, 2.24) is 15.5 Å². The summed E-state index contributed by atoms with van der Waals surface area (Å²) in [6.07, 6.45) is 1.79. The number of hydrogen-bond donors (Lipinski definition) is 2. The number of hydrogen-bond acceptors (Lipinski definition) is 3. The van der Waals surface area contributed by atoms with E-state index >= 15 is 0 Å². The van der Waals surface area contributed by atoms with Gasteiger partial charge in [0, 0.05) is 20.1 Å². The quantitative estimate of drug-likeness (QED) is 0.670. The summed E-state index contributed by atoms with van der Waals surface area (Å²) in [4.78, 5) is 24.8. The van der Waals surface area contributed by atoms with E-state index in [0.717, 1.165) is 25.9 Å². The Labute approximate surface area is 96.6 Å². The van der Waals surface area contributed by atoms with Crippen LogP contribution in [0.25, 0.3) is 0 Å². The smallest absolute Gasteiger partial charge is 0.239 e. The highest BCUT2D eigenvalue weighted by atomic mass is 16.2. The van der Waals surface area contributed by atoms with E-state index < -0.39 is 0 Å². The third kappa shape index (κ3) is 3.81. The molecule has 5 heteroatoms. The van der Waals surface area contributed by atoms with Crippen LogP contribution >= 0.6 is 0 Å². The molecular weight excluding hydrogens is 206 g/mol. The molecule has 16 heavy (non-hydrogen) atoms. The van der Waals surface area contributed by atoms with E-state index in [4.69, 9.17) is 0 Å². The number of nitrogens with one attached hydrogen (secondary N) is 2. The highest BCUT2D eigenvalue weighted by molar-refractivity contribution is 5.85. The molecule has 0 aromatic carbocycles. The lowest BCUT2D eigenvalue weighted by Crippen LogP contribution is -2.41. The lowest BCUT2D eigenvalue weighted by atomic mass is 10.1. The topological polar surface area (TPSA) is 61.4 Å². The van der Waals surface area contributed by atoms with Gasteiger partial charge in [0.2, 0.25) is 11.8 Å². The van der Waals surface area contributed by atoms with Crippen LogP contribution in [0.5, 0.6) is 0 Å². The highest BCUT2D eigenvalue weighted by Gasteiger charge is 2.25. The van der Waals surface area contributed by atoms with E-state index in [1.807, 2.05) is 6.92 Å². The second-order valence-corrected chi connectivity index (χ2v) is 4.23. The molecule has 5 nitrogen and oxygen atoms in total. The maximum Gasteiger partial charge on any atom is 0.239 e. The van der Waals surface area contributed by atoms with Gasteiger partial charge in [0.25, 0.3) is 0 Å². The molecule has 0 bridgehead atoms. The van der Waals surface area contributed by atoms with E-state index in [0.29, 0.717) is 6.54 Å². The molecule has 0 aromatic heterocycles. The molecule has 1 fully saturated rings. The standard InChI is InChI=1S/C11H21N3O2/c1-3-5-13-10(15)8-14(2)11(16)9-4-6-12-7-9/h9,12H,3-8H2,1-2H3,(H,13,15). The van der Waals surface area contributed by atoms with Crippen LogP contribution in [0.3, 0.4) is 0 Å². The molecular formula is C11H21N3O2. The van der Waals surface area contributed by atoms with Crippen molar-refractivity contribution >= 4 is 11.8 Å². The van der Waals surface area contributed by atoms with Crippen molar-refractivity contribution in [3.8, 4) is 0 Å². The van der Waals surface area contributed by atoms with Crippen LogP contribution in [-0.2, 0) is 9.59 Å². The summed E-state index contributed by atoms with van der Waals surface area (Å²) in [5, 5.41) is 5.91. The monoisotopic (exact) mass is 227 g/mol. The third-order valence-corrected chi connectivity index (χ3v) is 2.74. The van der Waals surface area contributed by atoms with Crippen LogP contribution in [0.4, 0.5) is 0 Å². The molecule has 1 aliphatic heterocycles. The highest BCUT2D eigenvalue weighted by Crippen LogP contribution is 2.10. The minimum absolute atomic E-state index is 0.0453. The van der Waals surface area contributed by atoms with Gasteiger partial charge in [-0.15, -0.1) is 0 Å². The Morgan fingerprint density at radius 3 is 2.81 bits per heavy atom. The normalized spacial score (nSPS) is 19.5. The predicted octanol–water partition coefficient (Wildman–Crippen LogP) is -0.419. The number of likely N-dealkylation sites (N-methyl/N-ethyl adjacent to an activating group) is 1. The SMILES string of the molecule is CCCNC(=O)CN(C)C(=O)C1CCNC1. The van der Waals surface area contributed by atoms with Crippen LogP contribution in [0, 0.1) is 5.92 Å². The van der Waals surface area contributed by atoms with Crippen molar-refractivity contribution in [2.45, 2.75) is 19.8 Å². The molecule has 1 rings (SSSR count). The van der Waals surface area contributed by atoms with Crippen LogP contribution in [0.15, 0.2) is 0 Å². The lowest BCUT2D eigenvalue weighted by molar-refractivity contribution is -0.137. The first-order valence-electron chi connectivity index (χ1n) is 5.87. The van der Waals surface area contributed by atoms with E-state index in [-0.39, 0.29) is 24.3 Å². The van der Waals surface area contributed by atoms with Gasteiger partial charge in [-0.1, -0.05) is 6.92 Å². The molecule has 1 unspecified atom stereocenters. The predicted molar refractivity (Wildman–Crippen MR) is 61.9 cm³/mol. The van der Waals surface area contributed by atoms with Crippen molar-refractivity contribution in [2.75, 3.05) is 33.2 Å². The zero-order chi connectivity index (χ0) is 12.0. The first kappa shape index (κ1) is 13.0. The zero-order valence-electron chi connectivity index (χ0n) is 10.1. The Hall–Kier alpha value is -1.10. The molecule has 1 aliphatic rings. The molecule has 0 saturated carbocycles. The number of amides is 2. The van der Waals surface area contributed by atoms with Gasteiger partial charge in [0.15, 0.2) is 0 Å². The maximum atomic E-state index is 11.9. The fourth-order valence-electron chi connectivity index (χ4n) is 1.79. The molecule has 0 spiro atoms. The molecule has 0 aromatic rings. The minimum Gasteiger partial charge on any atom is -0.355 e. The van der Waals surface area contributed by atoms with E-state index in [9.17, 15) is 9.59 Å². The molecule has 0 aliphatic carbocycles. The van der Waals surface area contributed by atoms with Gasteiger partial charge in [-0.3, -0.25) is 9.59 Å². The summed E-state index contributed by atoms with van der Waals surface area (Å²) in [5.41, 5.74) is 0. The Morgan fingerprint density at radius 1 is 1.50 bits per heavy atom.